The van der Waals surface area contributed by atoms with Crippen molar-refractivity contribution in [1.29, 1.82) is 0 Å². The van der Waals surface area contributed by atoms with Crippen molar-refractivity contribution < 1.29 is 4.39 Å². The Morgan fingerprint density at radius 1 is 1.10 bits per heavy atom. The normalized spacial score (nSPS) is 10.7. The highest BCUT2D eigenvalue weighted by Crippen LogP contribution is 2.22. The molecule has 4 heteroatoms. The van der Waals surface area contributed by atoms with Gasteiger partial charge in [-0.15, -0.1) is 0 Å². The third kappa shape index (κ3) is 2.80. The van der Waals surface area contributed by atoms with E-state index in [1.807, 2.05) is 41.1 Å². The lowest BCUT2D eigenvalue weighted by Gasteiger charge is -2.08. The third-order valence-corrected chi connectivity index (χ3v) is 3.53. The first-order chi connectivity index (χ1) is 9.72. The molecule has 0 unspecified atom stereocenters. The number of benzene rings is 2. The number of nitrogens with zero attached hydrogens (tertiary/aromatic N) is 2. The van der Waals surface area contributed by atoms with Crippen LogP contribution in [-0.2, 0) is 6.54 Å². The van der Waals surface area contributed by atoms with Gasteiger partial charge in [-0.05, 0) is 29.8 Å². The molecule has 0 aliphatic heterocycles. The van der Waals surface area contributed by atoms with Crippen LogP contribution in [0.4, 0.5) is 4.39 Å². The molecule has 2 aromatic carbocycles. The van der Waals surface area contributed by atoms with E-state index in [9.17, 15) is 4.39 Å². The number of imidazole rings is 1. The predicted molar refractivity (Wildman–Crippen MR) is 80.9 cm³/mol. The highest BCUT2D eigenvalue weighted by Gasteiger charge is 2.07. The van der Waals surface area contributed by atoms with Crippen LogP contribution in [0.5, 0.6) is 0 Å². The summed E-state index contributed by atoms with van der Waals surface area (Å²) in [5, 5.41) is 0. The van der Waals surface area contributed by atoms with E-state index < -0.39 is 0 Å². The largest absolute Gasteiger partial charge is 0.327 e. The Morgan fingerprint density at radius 3 is 2.75 bits per heavy atom. The van der Waals surface area contributed by atoms with E-state index in [0.717, 1.165) is 21.4 Å². The summed E-state index contributed by atoms with van der Waals surface area (Å²) in [5.41, 5.74) is 1.94. The highest BCUT2D eigenvalue weighted by atomic mass is 79.9. The van der Waals surface area contributed by atoms with Gasteiger partial charge in [0, 0.05) is 29.0 Å². The van der Waals surface area contributed by atoms with E-state index in [4.69, 9.17) is 0 Å². The molecule has 0 aliphatic carbocycles. The van der Waals surface area contributed by atoms with Crippen LogP contribution < -0.4 is 0 Å². The second-order valence-corrected chi connectivity index (χ2v) is 5.43. The van der Waals surface area contributed by atoms with Gasteiger partial charge in [0.15, 0.2) is 0 Å². The van der Waals surface area contributed by atoms with E-state index in [1.54, 1.807) is 18.3 Å². The predicted octanol–water partition coefficient (Wildman–Crippen LogP) is 4.50. The molecular formula is C16H12BrFN2. The minimum atomic E-state index is -0.216. The third-order valence-electron chi connectivity index (χ3n) is 3.04. The molecule has 0 radical (unpaired) electrons. The molecule has 0 bridgehead atoms. The highest BCUT2D eigenvalue weighted by molar-refractivity contribution is 9.10. The molecular weight excluding hydrogens is 319 g/mol. The molecule has 0 saturated carbocycles. The van der Waals surface area contributed by atoms with Gasteiger partial charge in [-0.1, -0.05) is 40.2 Å². The van der Waals surface area contributed by atoms with Crippen molar-refractivity contribution >= 4 is 15.9 Å². The van der Waals surface area contributed by atoms with Crippen LogP contribution in [0.1, 0.15) is 5.56 Å². The van der Waals surface area contributed by atoms with Gasteiger partial charge < -0.3 is 4.57 Å². The van der Waals surface area contributed by atoms with Gasteiger partial charge >= 0.3 is 0 Å². The summed E-state index contributed by atoms with van der Waals surface area (Å²) in [7, 11) is 0. The van der Waals surface area contributed by atoms with E-state index in [1.165, 1.54) is 6.07 Å². The first kappa shape index (κ1) is 13.1. The summed E-state index contributed by atoms with van der Waals surface area (Å²) in [5.74, 6) is 0.655. The Hall–Kier alpha value is -1.94. The van der Waals surface area contributed by atoms with Crippen molar-refractivity contribution in [3.05, 3.63) is 76.8 Å². The summed E-state index contributed by atoms with van der Waals surface area (Å²) in [4.78, 5) is 4.39. The molecule has 0 N–H and O–H groups in total. The molecule has 0 amide bonds. The monoisotopic (exact) mass is 330 g/mol. The summed E-state index contributed by atoms with van der Waals surface area (Å²) in [6, 6.07) is 14.6. The summed E-state index contributed by atoms with van der Waals surface area (Å²) >= 11 is 3.46. The van der Waals surface area contributed by atoms with Gasteiger partial charge in [-0.2, -0.15) is 0 Å². The van der Waals surface area contributed by atoms with Gasteiger partial charge in [-0.3, -0.25) is 0 Å². The molecule has 1 aromatic heterocycles. The van der Waals surface area contributed by atoms with Crippen LogP contribution in [-0.4, -0.2) is 9.55 Å². The van der Waals surface area contributed by atoms with Gasteiger partial charge in [0.25, 0.3) is 0 Å². The number of hydrogen-bond donors (Lipinski definition) is 0. The average molecular weight is 331 g/mol. The van der Waals surface area contributed by atoms with Crippen molar-refractivity contribution in [2.75, 3.05) is 0 Å². The molecule has 100 valence electrons. The number of halogens is 2. The zero-order valence-corrected chi connectivity index (χ0v) is 12.2. The first-order valence-electron chi connectivity index (χ1n) is 6.24. The molecule has 20 heavy (non-hydrogen) atoms. The molecule has 0 spiro atoms. The van der Waals surface area contributed by atoms with Crippen LogP contribution in [0, 0.1) is 5.82 Å². The lowest BCUT2D eigenvalue weighted by atomic mass is 10.2. The maximum Gasteiger partial charge on any atom is 0.140 e. The second kappa shape index (κ2) is 5.59. The summed E-state index contributed by atoms with van der Waals surface area (Å²) in [6.07, 6.45) is 3.66. The molecule has 1 heterocycles. The standard InChI is InChI=1S/C16H12BrFN2/c17-14-5-2-4-13(10-14)16-19-7-8-20(16)11-12-3-1-6-15(18)9-12/h1-10H,11H2. The molecule has 0 aliphatic rings. The Balaban J connectivity index is 1.94. The second-order valence-electron chi connectivity index (χ2n) is 4.52. The lowest BCUT2D eigenvalue weighted by Crippen LogP contribution is -2.01. The summed E-state index contributed by atoms with van der Waals surface area (Å²) in [6.45, 7) is 0.597. The Labute approximate surface area is 125 Å². The van der Waals surface area contributed by atoms with E-state index >= 15 is 0 Å². The van der Waals surface area contributed by atoms with E-state index in [2.05, 4.69) is 20.9 Å². The van der Waals surface area contributed by atoms with Crippen molar-refractivity contribution in [3.8, 4) is 11.4 Å². The Kier molecular flexibility index (Phi) is 3.65. The Morgan fingerprint density at radius 2 is 1.95 bits per heavy atom. The van der Waals surface area contributed by atoms with E-state index in [0.29, 0.717) is 6.54 Å². The fourth-order valence-corrected chi connectivity index (χ4v) is 2.56. The maximum absolute atomic E-state index is 13.2. The zero-order chi connectivity index (χ0) is 13.9. The number of aromatic nitrogens is 2. The van der Waals surface area contributed by atoms with Crippen LogP contribution in [0.3, 0.4) is 0 Å². The fourth-order valence-electron chi connectivity index (χ4n) is 2.16. The van der Waals surface area contributed by atoms with Crippen LogP contribution in [0.15, 0.2) is 65.4 Å². The van der Waals surface area contributed by atoms with Crippen molar-refractivity contribution in [3.63, 3.8) is 0 Å². The molecule has 0 fully saturated rings. The van der Waals surface area contributed by atoms with Gasteiger partial charge in [0.1, 0.15) is 11.6 Å². The molecule has 0 atom stereocenters. The van der Waals surface area contributed by atoms with Gasteiger partial charge in [0.05, 0.1) is 0 Å². The smallest absolute Gasteiger partial charge is 0.140 e. The Bertz CT molecular complexity index is 737. The van der Waals surface area contributed by atoms with Crippen molar-refractivity contribution in [1.82, 2.24) is 9.55 Å². The van der Waals surface area contributed by atoms with Gasteiger partial charge in [-0.25, -0.2) is 9.37 Å². The van der Waals surface area contributed by atoms with Crippen molar-refractivity contribution in [2.24, 2.45) is 0 Å². The fraction of sp³-hybridized carbons (Fsp3) is 0.0625. The van der Waals surface area contributed by atoms with Crippen LogP contribution >= 0.6 is 15.9 Å². The topological polar surface area (TPSA) is 17.8 Å². The maximum atomic E-state index is 13.2. The first-order valence-corrected chi connectivity index (χ1v) is 7.03. The molecule has 3 aromatic rings. The zero-order valence-electron chi connectivity index (χ0n) is 10.6. The lowest BCUT2D eigenvalue weighted by molar-refractivity contribution is 0.623. The van der Waals surface area contributed by atoms with Crippen LogP contribution in [0.25, 0.3) is 11.4 Å². The molecule has 2 nitrogen and oxygen atoms in total. The van der Waals surface area contributed by atoms with Crippen LogP contribution in [0.2, 0.25) is 0 Å². The molecule has 3 rings (SSSR count). The summed E-state index contributed by atoms with van der Waals surface area (Å²) < 4.78 is 16.3. The number of hydrogen-bond acceptors (Lipinski definition) is 1. The van der Waals surface area contributed by atoms with Crippen molar-refractivity contribution in [2.45, 2.75) is 6.54 Å². The minimum absolute atomic E-state index is 0.216. The minimum Gasteiger partial charge on any atom is -0.327 e. The SMILES string of the molecule is Fc1cccc(Cn2ccnc2-c2cccc(Br)c2)c1. The van der Waals surface area contributed by atoms with Gasteiger partial charge in [0.2, 0.25) is 0 Å². The quantitative estimate of drug-likeness (QED) is 0.691. The van der Waals surface area contributed by atoms with E-state index in [-0.39, 0.29) is 5.82 Å². The molecule has 0 saturated heterocycles. The average Bonchev–Trinajstić information content (AvgIpc) is 2.87. The number of rotatable bonds is 3.